The number of hydrogen-bond donors (Lipinski definition) is 1. The molecule has 32 heavy (non-hydrogen) atoms. The second-order valence-electron chi connectivity index (χ2n) is 7.61. The molecule has 1 atom stereocenters. The number of rotatable bonds is 7. The maximum atomic E-state index is 13.1. The van der Waals surface area contributed by atoms with Gasteiger partial charge < -0.3 is 19.2 Å². The number of ketones is 1. The molecule has 4 rings (SSSR count). The van der Waals surface area contributed by atoms with Crippen LogP contribution in [-0.2, 0) is 16.1 Å². The Hall–Kier alpha value is -3.87. The summed E-state index contributed by atoms with van der Waals surface area (Å²) < 4.78 is 11.4. The van der Waals surface area contributed by atoms with Gasteiger partial charge in [-0.25, -0.2) is 0 Å². The van der Waals surface area contributed by atoms with Crippen LogP contribution in [0.1, 0.15) is 42.0 Å². The fourth-order valence-corrected chi connectivity index (χ4v) is 3.74. The van der Waals surface area contributed by atoms with Gasteiger partial charge in [0.15, 0.2) is 0 Å². The van der Waals surface area contributed by atoms with Gasteiger partial charge in [0.25, 0.3) is 11.7 Å². The van der Waals surface area contributed by atoms with Crippen molar-refractivity contribution in [2.45, 2.75) is 32.9 Å². The number of hydrogen-bond acceptors (Lipinski definition) is 6. The molecule has 1 fully saturated rings. The van der Waals surface area contributed by atoms with Gasteiger partial charge in [-0.2, -0.15) is 0 Å². The second-order valence-corrected chi connectivity index (χ2v) is 7.61. The molecule has 0 saturated carbocycles. The Morgan fingerprint density at radius 3 is 2.72 bits per heavy atom. The number of carbonyl (C=O) groups is 2. The molecule has 1 aliphatic heterocycles. The number of benzene rings is 1. The number of aliphatic hydroxyl groups is 1. The minimum Gasteiger partial charge on any atom is -0.507 e. The van der Waals surface area contributed by atoms with Crippen molar-refractivity contribution in [1.82, 2.24) is 9.88 Å². The van der Waals surface area contributed by atoms with Crippen LogP contribution in [-0.4, -0.2) is 33.3 Å². The summed E-state index contributed by atoms with van der Waals surface area (Å²) in [5, 5.41) is 11.2. The lowest BCUT2D eigenvalue weighted by molar-refractivity contribution is -0.140. The van der Waals surface area contributed by atoms with E-state index in [1.54, 1.807) is 61.8 Å². The lowest BCUT2D eigenvalue weighted by atomic mass is 9.99. The number of nitrogens with zero attached hydrogens (tertiary/aromatic N) is 2. The number of pyridine rings is 1. The summed E-state index contributed by atoms with van der Waals surface area (Å²) in [7, 11) is 0. The number of likely N-dealkylation sites (tertiary alicyclic amines) is 1. The molecule has 1 saturated heterocycles. The van der Waals surface area contributed by atoms with Crippen LogP contribution in [0, 0.1) is 6.92 Å². The van der Waals surface area contributed by atoms with E-state index in [0.29, 0.717) is 29.4 Å². The van der Waals surface area contributed by atoms with Crippen molar-refractivity contribution in [3.05, 3.63) is 89.1 Å². The highest BCUT2D eigenvalue weighted by molar-refractivity contribution is 6.46. The van der Waals surface area contributed by atoms with Crippen molar-refractivity contribution >= 4 is 17.4 Å². The van der Waals surface area contributed by atoms with E-state index >= 15 is 0 Å². The van der Waals surface area contributed by atoms with Crippen LogP contribution >= 0.6 is 0 Å². The molecule has 1 aliphatic rings. The van der Waals surface area contributed by atoms with Gasteiger partial charge in [-0.3, -0.25) is 14.6 Å². The van der Waals surface area contributed by atoms with Crippen LogP contribution < -0.4 is 4.74 Å². The first-order chi connectivity index (χ1) is 15.5. The van der Waals surface area contributed by atoms with E-state index in [1.807, 2.05) is 13.0 Å². The van der Waals surface area contributed by atoms with E-state index in [0.717, 1.165) is 12.0 Å². The number of aryl methyl sites for hydroxylation is 1. The first-order valence-electron chi connectivity index (χ1n) is 10.5. The van der Waals surface area contributed by atoms with E-state index in [1.165, 1.54) is 4.90 Å². The fraction of sp³-hybridized carbons (Fsp3) is 0.240. The summed E-state index contributed by atoms with van der Waals surface area (Å²) in [5.41, 5.74) is 1.14. The zero-order valence-electron chi connectivity index (χ0n) is 17.9. The molecule has 1 aromatic carbocycles. The summed E-state index contributed by atoms with van der Waals surface area (Å²) in [4.78, 5) is 31.6. The van der Waals surface area contributed by atoms with Gasteiger partial charge in [0.1, 0.15) is 29.1 Å². The second kappa shape index (κ2) is 9.09. The van der Waals surface area contributed by atoms with Gasteiger partial charge in [0.05, 0.1) is 12.2 Å². The quantitative estimate of drug-likeness (QED) is 0.338. The van der Waals surface area contributed by atoms with Crippen molar-refractivity contribution in [1.29, 1.82) is 0 Å². The van der Waals surface area contributed by atoms with Gasteiger partial charge >= 0.3 is 0 Å². The number of Topliss-reactive ketones (excluding diaryl/α,β-unsaturated/α-hetero) is 1. The van der Waals surface area contributed by atoms with Gasteiger partial charge in [0.2, 0.25) is 0 Å². The Bertz CT molecular complexity index is 1170. The minimum atomic E-state index is -0.857. The van der Waals surface area contributed by atoms with Crippen LogP contribution in [0.3, 0.4) is 0 Å². The van der Waals surface area contributed by atoms with Crippen LogP contribution in [0.15, 0.2) is 70.9 Å². The molecule has 0 aliphatic carbocycles. The largest absolute Gasteiger partial charge is 0.507 e. The standard InChI is InChI=1S/C25H24N2O5/c1-3-12-31-19-8-4-7-18(13-19)23(28)21-22(20-10-9-16(2)32-20)27(25(30)24(21)29)15-17-6-5-11-26-14-17/h4-11,13-14,22,28H,3,12,15H2,1-2H3/b23-21-. The molecule has 3 aromatic rings. The highest BCUT2D eigenvalue weighted by atomic mass is 16.5. The predicted molar refractivity (Wildman–Crippen MR) is 118 cm³/mol. The van der Waals surface area contributed by atoms with Crippen molar-refractivity contribution < 1.29 is 23.8 Å². The van der Waals surface area contributed by atoms with Crippen molar-refractivity contribution in [2.24, 2.45) is 0 Å². The summed E-state index contributed by atoms with van der Waals surface area (Å²) in [5.74, 6) is -0.102. The zero-order valence-corrected chi connectivity index (χ0v) is 17.9. The Balaban J connectivity index is 1.80. The van der Waals surface area contributed by atoms with E-state index < -0.39 is 17.7 Å². The highest BCUT2D eigenvalue weighted by Crippen LogP contribution is 2.41. The normalized spacial score (nSPS) is 17.7. The monoisotopic (exact) mass is 432 g/mol. The van der Waals surface area contributed by atoms with Crippen LogP contribution in [0.2, 0.25) is 0 Å². The fourth-order valence-electron chi connectivity index (χ4n) is 3.74. The van der Waals surface area contributed by atoms with E-state index in [4.69, 9.17) is 9.15 Å². The van der Waals surface area contributed by atoms with Gasteiger partial charge in [-0.15, -0.1) is 0 Å². The molecule has 1 N–H and O–H groups in total. The average molecular weight is 432 g/mol. The van der Waals surface area contributed by atoms with E-state index in [2.05, 4.69) is 4.98 Å². The number of amides is 1. The summed E-state index contributed by atoms with van der Waals surface area (Å²) in [6.07, 6.45) is 4.12. The summed E-state index contributed by atoms with van der Waals surface area (Å²) in [6, 6.07) is 13.1. The molecule has 1 amide bonds. The average Bonchev–Trinajstić information content (AvgIpc) is 3.34. The molecule has 7 nitrogen and oxygen atoms in total. The molecule has 0 radical (unpaired) electrons. The number of aliphatic hydroxyl groups excluding tert-OH is 1. The Labute approximate surface area is 186 Å². The number of furan rings is 1. The zero-order chi connectivity index (χ0) is 22.7. The lowest BCUT2D eigenvalue weighted by Gasteiger charge is -2.23. The smallest absolute Gasteiger partial charge is 0.296 e. The molecule has 0 bridgehead atoms. The predicted octanol–water partition coefficient (Wildman–Crippen LogP) is 4.39. The first kappa shape index (κ1) is 21.4. The molecule has 1 unspecified atom stereocenters. The molecule has 7 heteroatoms. The van der Waals surface area contributed by atoms with Crippen LogP contribution in [0.4, 0.5) is 0 Å². The Morgan fingerprint density at radius 2 is 2.03 bits per heavy atom. The minimum absolute atomic E-state index is 0.0131. The third kappa shape index (κ3) is 4.14. The van der Waals surface area contributed by atoms with Gasteiger partial charge in [-0.05, 0) is 49.2 Å². The third-order valence-corrected chi connectivity index (χ3v) is 5.23. The summed E-state index contributed by atoms with van der Waals surface area (Å²) in [6.45, 7) is 4.47. The number of aromatic nitrogens is 1. The first-order valence-corrected chi connectivity index (χ1v) is 10.5. The molecule has 164 valence electrons. The lowest BCUT2D eigenvalue weighted by Crippen LogP contribution is -2.29. The molecule has 2 aromatic heterocycles. The topological polar surface area (TPSA) is 92.9 Å². The number of ether oxygens (including phenoxy) is 1. The van der Waals surface area contributed by atoms with Gasteiger partial charge in [0, 0.05) is 24.5 Å². The molecule has 0 spiro atoms. The third-order valence-electron chi connectivity index (χ3n) is 5.23. The van der Waals surface area contributed by atoms with Crippen LogP contribution in [0.5, 0.6) is 5.75 Å². The Kier molecular flexibility index (Phi) is 6.07. The highest BCUT2D eigenvalue weighted by Gasteiger charge is 2.47. The van der Waals surface area contributed by atoms with Crippen molar-refractivity contribution in [2.75, 3.05) is 6.61 Å². The van der Waals surface area contributed by atoms with Crippen LogP contribution in [0.25, 0.3) is 5.76 Å². The molecular formula is C25H24N2O5. The molecule has 3 heterocycles. The summed E-state index contributed by atoms with van der Waals surface area (Å²) >= 11 is 0. The Morgan fingerprint density at radius 1 is 1.19 bits per heavy atom. The van der Waals surface area contributed by atoms with E-state index in [9.17, 15) is 14.7 Å². The van der Waals surface area contributed by atoms with E-state index in [-0.39, 0.29) is 17.9 Å². The molecular weight excluding hydrogens is 408 g/mol. The van der Waals surface area contributed by atoms with Gasteiger partial charge in [-0.1, -0.05) is 25.1 Å². The SMILES string of the molecule is CCCOc1cccc(/C(O)=C2/C(=O)C(=O)N(Cc3cccnc3)C2c2ccc(C)o2)c1. The maximum absolute atomic E-state index is 13.1. The maximum Gasteiger partial charge on any atom is 0.296 e. The number of carbonyl (C=O) groups excluding carboxylic acids is 2. The van der Waals surface area contributed by atoms with Crippen molar-refractivity contribution in [3.8, 4) is 5.75 Å². The van der Waals surface area contributed by atoms with Crippen molar-refractivity contribution in [3.63, 3.8) is 0 Å².